The number of guanidine groups is 2. The summed E-state index contributed by atoms with van der Waals surface area (Å²) in [4.78, 5) is 128. The summed E-state index contributed by atoms with van der Waals surface area (Å²) in [5.41, 5.74) is 23.1. The van der Waals surface area contributed by atoms with Crippen LogP contribution in [-0.4, -0.2) is 138 Å². The molecule has 17 N–H and O–H groups in total. The molecule has 402 valence electrons. The van der Waals surface area contributed by atoms with E-state index >= 15 is 0 Å². The van der Waals surface area contributed by atoms with Gasteiger partial charge in [-0.2, -0.15) is 0 Å². The van der Waals surface area contributed by atoms with Crippen LogP contribution in [0, 0.1) is 17.8 Å². The number of aliphatic imine (C=N–C) groups is 2. The molecule has 25 nitrogen and oxygen atoms in total. The van der Waals surface area contributed by atoms with Crippen molar-refractivity contribution in [2.45, 2.75) is 122 Å². The van der Waals surface area contributed by atoms with Crippen LogP contribution >= 0.6 is 0 Å². The normalized spacial score (nSPS) is 24.6. The van der Waals surface area contributed by atoms with Crippen molar-refractivity contribution >= 4 is 65.2 Å². The van der Waals surface area contributed by atoms with Gasteiger partial charge in [0.05, 0.1) is 29.7 Å². The van der Waals surface area contributed by atoms with Crippen LogP contribution < -0.4 is 60.2 Å². The highest BCUT2D eigenvalue weighted by molar-refractivity contribution is 6.00. The number of methoxy groups -OCH3 is 1. The highest BCUT2D eigenvalue weighted by Crippen LogP contribution is 2.18. The summed E-state index contributed by atoms with van der Waals surface area (Å²) in [6.45, 7) is 11.1. The van der Waals surface area contributed by atoms with Gasteiger partial charge in [0.25, 0.3) is 5.91 Å². The van der Waals surface area contributed by atoms with Crippen LogP contribution in [0.5, 0.6) is 0 Å². The number of carboxylic acid groups (broad SMARTS) is 2. The fraction of sp³-hybridized carbons (Fsp3) is 0.521. The van der Waals surface area contributed by atoms with Gasteiger partial charge in [-0.1, -0.05) is 81.5 Å². The van der Waals surface area contributed by atoms with Crippen molar-refractivity contribution in [3.05, 3.63) is 72.0 Å². The Bertz CT molecular complexity index is 2250. The molecule has 73 heavy (non-hydrogen) atoms. The molecular formula is C48H73N13O12. The second-order valence-electron chi connectivity index (χ2n) is 17.7. The van der Waals surface area contributed by atoms with E-state index in [1.165, 1.54) is 26.8 Å². The third-order valence-corrected chi connectivity index (χ3v) is 11.7. The Morgan fingerprint density at radius 1 is 0.767 bits per heavy atom. The zero-order valence-corrected chi connectivity index (χ0v) is 42.1. The Labute approximate surface area is 424 Å². The summed E-state index contributed by atoms with van der Waals surface area (Å²) in [7, 11) is 1.60. The molecule has 1 heterocycles. The van der Waals surface area contributed by atoms with Crippen molar-refractivity contribution in [3.8, 4) is 0 Å². The number of benzene rings is 1. The number of aliphatic carboxylic acids is 2. The summed E-state index contributed by atoms with van der Waals surface area (Å²) < 4.78 is 5.81. The van der Waals surface area contributed by atoms with Gasteiger partial charge in [0, 0.05) is 32.5 Å². The summed E-state index contributed by atoms with van der Waals surface area (Å²) in [5.74, 6) is -13.2. The summed E-state index contributed by atoms with van der Waals surface area (Å²) in [6, 6.07) is 0.625. The number of ether oxygens (including phenoxy) is 1. The minimum atomic E-state index is -1.95. The lowest BCUT2D eigenvalue weighted by Gasteiger charge is -2.28. The van der Waals surface area contributed by atoms with E-state index in [-0.39, 0.29) is 62.7 Å². The average molecular weight is 1020 g/mol. The zero-order chi connectivity index (χ0) is 54.9. The van der Waals surface area contributed by atoms with E-state index in [4.69, 9.17) is 27.7 Å². The van der Waals surface area contributed by atoms with Gasteiger partial charge in [0.2, 0.25) is 35.4 Å². The number of amides is 7. The smallest absolute Gasteiger partial charge is 0.327 e. The molecule has 1 fully saturated rings. The third kappa shape index (κ3) is 22.0. The van der Waals surface area contributed by atoms with Gasteiger partial charge in [-0.15, -0.1) is 0 Å². The Kier molecular flexibility index (Phi) is 25.9. The number of rotatable bonds is 17. The lowest BCUT2D eigenvalue weighted by Crippen LogP contribution is -2.59. The van der Waals surface area contributed by atoms with E-state index in [0.29, 0.717) is 12.0 Å². The summed E-state index contributed by atoms with van der Waals surface area (Å²) in [5, 5.41) is 37.4. The first-order valence-corrected chi connectivity index (χ1v) is 23.7. The van der Waals surface area contributed by atoms with Crippen molar-refractivity contribution in [2.24, 2.45) is 50.7 Å². The molecular weight excluding hydrogens is 951 g/mol. The van der Waals surface area contributed by atoms with Crippen molar-refractivity contribution in [2.75, 3.05) is 20.2 Å². The molecule has 10 atom stereocenters. The van der Waals surface area contributed by atoms with Gasteiger partial charge in [0.1, 0.15) is 30.2 Å². The SMILES string of the molecule is C=C1NC(=O)CCC(C(=O)O)NC(=O)C(C)C(C=CC(C)=CC(C)C(Cc2ccccc2)OC)NC(=O)C(CCCN=C(N)N)NC(=O)C(C)C(C(=O)O)NC(=O)C(CCCN=C(N)N)NC(=O)C(C)NC1=O. The molecule has 0 aliphatic carbocycles. The van der Waals surface area contributed by atoms with Crippen LogP contribution in [0.1, 0.15) is 78.7 Å². The van der Waals surface area contributed by atoms with Crippen LogP contribution in [0.2, 0.25) is 0 Å². The minimum absolute atomic E-state index is 0.00367. The second kappa shape index (κ2) is 30.8. The molecule has 1 aromatic carbocycles. The summed E-state index contributed by atoms with van der Waals surface area (Å²) in [6.07, 6.45) is 4.35. The Hall–Kier alpha value is -7.83. The first-order valence-electron chi connectivity index (χ1n) is 23.7. The van der Waals surface area contributed by atoms with E-state index in [1.54, 1.807) is 20.1 Å². The van der Waals surface area contributed by atoms with Crippen molar-refractivity contribution < 1.29 is 58.1 Å². The average Bonchev–Trinajstić information content (AvgIpc) is 3.32. The van der Waals surface area contributed by atoms with Crippen molar-refractivity contribution in [3.63, 3.8) is 0 Å². The van der Waals surface area contributed by atoms with Gasteiger partial charge < -0.3 is 75.1 Å². The number of nitrogens with zero attached hydrogens (tertiary/aromatic N) is 2. The Balaban J connectivity index is 2.71. The van der Waals surface area contributed by atoms with Crippen molar-refractivity contribution in [1.82, 2.24) is 37.2 Å². The molecule has 7 amide bonds. The van der Waals surface area contributed by atoms with E-state index in [9.17, 15) is 53.4 Å². The zero-order valence-electron chi connectivity index (χ0n) is 42.1. The quantitative estimate of drug-likeness (QED) is 0.0271. The number of nitrogens with two attached hydrogens (primary N) is 4. The molecule has 10 unspecified atom stereocenters. The van der Waals surface area contributed by atoms with Gasteiger partial charge in [0.15, 0.2) is 11.9 Å². The highest BCUT2D eigenvalue weighted by Gasteiger charge is 2.37. The Morgan fingerprint density at radius 3 is 1.85 bits per heavy atom. The van der Waals surface area contributed by atoms with Gasteiger partial charge in [-0.25, -0.2) is 9.59 Å². The monoisotopic (exact) mass is 1020 g/mol. The molecule has 25 heteroatoms. The van der Waals surface area contributed by atoms with Gasteiger partial charge in [-0.05, 0) is 57.9 Å². The number of nitrogens with one attached hydrogen (secondary N) is 7. The predicted molar refractivity (Wildman–Crippen MR) is 270 cm³/mol. The molecule has 0 bridgehead atoms. The molecule has 1 saturated heterocycles. The maximum atomic E-state index is 14.4. The van der Waals surface area contributed by atoms with E-state index in [2.05, 4.69) is 53.8 Å². The first kappa shape index (κ1) is 61.3. The van der Waals surface area contributed by atoms with Crippen LogP contribution in [-0.2, 0) is 54.3 Å². The van der Waals surface area contributed by atoms with Crippen LogP contribution in [0.3, 0.4) is 0 Å². The van der Waals surface area contributed by atoms with Crippen LogP contribution in [0.4, 0.5) is 0 Å². The fourth-order valence-electron chi connectivity index (χ4n) is 7.35. The maximum Gasteiger partial charge on any atom is 0.327 e. The number of carboxylic acids is 2. The minimum Gasteiger partial charge on any atom is -0.480 e. The van der Waals surface area contributed by atoms with Gasteiger partial charge >= 0.3 is 11.9 Å². The molecule has 2 rings (SSSR count). The molecule has 0 saturated carbocycles. The number of hydrogen-bond donors (Lipinski definition) is 13. The summed E-state index contributed by atoms with van der Waals surface area (Å²) >= 11 is 0. The molecule has 1 aliphatic rings. The Morgan fingerprint density at radius 2 is 1.32 bits per heavy atom. The number of carbonyl (C=O) groups is 9. The van der Waals surface area contributed by atoms with Crippen molar-refractivity contribution in [1.29, 1.82) is 0 Å². The number of hydrogen-bond acceptors (Lipinski definition) is 12. The van der Waals surface area contributed by atoms with Crippen LogP contribution in [0.15, 0.2) is 76.4 Å². The molecule has 1 aromatic rings. The van der Waals surface area contributed by atoms with E-state index < -0.39 is 120 Å². The lowest BCUT2D eigenvalue weighted by molar-refractivity contribution is -0.146. The lowest BCUT2D eigenvalue weighted by atomic mass is 9.94. The fourth-order valence-corrected chi connectivity index (χ4v) is 7.35. The van der Waals surface area contributed by atoms with E-state index in [1.807, 2.05) is 43.3 Å². The second-order valence-corrected chi connectivity index (χ2v) is 17.7. The topological polar surface area (TPSA) is 416 Å². The highest BCUT2D eigenvalue weighted by atomic mass is 16.5. The molecule has 1 aliphatic heterocycles. The molecule has 0 spiro atoms. The number of carbonyl (C=O) groups excluding carboxylic acids is 7. The standard InChI is InChI=1S/C48H73N13O12/c1-25(23-26(2)36(73-7)24-31-13-9-8-10-14-31)17-18-32-27(3)39(63)60-35(45(69)70)19-20-37(62)55-29(5)41(65)56-30(6)42(66)59-34(16-12-22-54-48(51)52)44(68)61-38(46(71)72)28(4)40(64)58-33(43(67)57-32)15-11-21-53-47(49)50/h8-10,13-14,17-18,23,26-28,30,32-36,38H,5,11-12,15-16,19-22,24H2,1-4,6-7H3,(H,55,62)(H,56,65)(H,57,67)(H,58,64)(H,59,66)(H,60,63)(H,61,68)(H,69,70)(H,71,72)(H4,49,50,53)(H4,51,52,54). The maximum absolute atomic E-state index is 14.4. The van der Waals surface area contributed by atoms with Gasteiger partial charge in [-0.3, -0.25) is 43.5 Å². The predicted octanol–water partition coefficient (Wildman–Crippen LogP) is -1.72. The first-order chi connectivity index (χ1) is 34.3. The molecule has 0 radical (unpaired) electrons. The largest absolute Gasteiger partial charge is 0.480 e. The van der Waals surface area contributed by atoms with Crippen LogP contribution in [0.25, 0.3) is 0 Å². The number of allylic oxidation sites excluding steroid dienone is 2. The van der Waals surface area contributed by atoms with E-state index in [0.717, 1.165) is 5.56 Å². The molecule has 0 aromatic heterocycles. The third-order valence-electron chi connectivity index (χ3n) is 11.7.